The third kappa shape index (κ3) is 10.1. The molecule has 0 aliphatic carbocycles. The number of benzene rings is 1. The van der Waals surface area contributed by atoms with E-state index in [1.807, 2.05) is 6.92 Å². The average Bonchev–Trinajstić information content (AvgIpc) is 2.71. The van der Waals surface area contributed by atoms with Gasteiger partial charge >= 0.3 is 6.61 Å². The fraction of sp³-hybridized carbons (Fsp3) is 0.650. The molecule has 0 spiro atoms. The first-order valence-corrected chi connectivity index (χ1v) is 10.1. The molecule has 172 valence electrons. The monoisotopic (exact) mass is 542 g/mol. The Bertz CT molecular complexity index is 632. The van der Waals surface area contributed by atoms with Crippen molar-refractivity contribution in [3.8, 4) is 11.5 Å². The van der Waals surface area contributed by atoms with Crippen LogP contribution in [0, 0.1) is 0 Å². The van der Waals surface area contributed by atoms with Crippen molar-refractivity contribution in [2.45, 2.75) is 33.4 Å². The van der Waals surface area contributed by atoms with Gasteiger partial charge in [0.2, 0.25) is 0 Å². The van der Waals surface area contributed by atoms with Gasteiger partial charge in [0.05, 0.1) is 26.4 Å². The molecule has 1 fully saturated rings. The van der Waals surface area contributed by atoms with Crippen LogP contribution in [-0.2, 0) is 11.3 Å². The number of morpholine rings is 1. The molecule has 1 aromatic rings. The van der Waals surface area contributed by atoms with Crippen molar-refractivity contribution in [2.24, 2.45) is 4.99 Å². The summed E-state index contributed by atoms with van der Waals surface area (Å²) < 4.78 is 40.3. The molecule has 7 nitrogen and oxygen atoms in total. The molecule has 1 aliphatic heterocycles. The first kappa shape index (κ1) is 26.6. The first-order chi connectivity index (χ1) is 14.1. The standard InChI is InChI=1S/C20H32F2N4O3.HI/c1-3-23-20(24-8-5-9-26-10-12-27-13-11-26)25-15-16-6-7-17(29-19(21)22)18(14-16)28-4-2;/h6-7,14,19H,3-5,8-13,15H2,1-2H3,(H2,23,24,25);1H. The van der Waals surface area contributed by atoms with Crippen molar-refractivity contribution in [2.75, 3.05) is 52.5 Å². The number of halogens is 3. The Hall–Kier alpha value is -1.40. The Labute approximate surface area is 194 Å². The fourth-order valence-electron chi connectivity index (χ4n) is 2.96. The number of ether oxygens (including phenoxy) is 3. The summed E-state index contributed by atoms with van der Waals surface area (Å²) in [5, 5.41) is 6.55. The molecule has 1 aromatic carbocycles. The topological polar surface area (TPSA) is 67.4 Å². The van der Waals surface area contributed by atoms with Gasteiger partial charge in [-0.15, -0.1) is 24.0 Å². The molecule has 0 amide bonds. The molecule has 1 aliphatic rings. The van der Waals surface area contributed by atoms with Gasteiger partial charge in [0, 0.05) is 26.2 Å². The number of nitrogens with one attached hydrogen (secondary N) is 2. The lowest BCUT2D eigenvalue weighted by molar-refractivity contribution is -0.0514. The number of alkyl halides is 2. The lowest BCUT2D eigenvalue weighted by Gasteiger charge is -2.26. The smallest absolute Gasteiger partial charge is 0.387 e. The SMILES string of the molecule is CCNC(=NCc1ccc(OC(F)F)c(OCC)c1)NCCCN1CCOCC1.I. The van der Waals surface area contributed by atoms with Crippen LogP contribution in [0.25, 0.3) is 0 Å². The lowest BCUT2D eigenvalue weighted by atomic mass is 10.2. The number of aliphatic imine (C=N–C) groups is 1. The predicted molar refractivity (Wildman–Crippen MR) is 124 cm³/mol. The largest absolute Gasteiger partial charge is 0.490 e. The quantitative estimate of drug-likeness (QED) is 0.194. The van der Waals surface area contributed by atoms with Crippen molar-refractivity contribution in [3.05, 3.63) is 23.8 Å². The summed E-state index contributed by atoms with van der Waals surface area (Å²) in [7, 11) is 0. The predicted octanol–water partition coefficient (Wildman–Crippen LogP) is 3.08. The Morgan fingerprint density at radius 3 is 2.63 bits per heavy atom. The van der Waals surface area contributed by atoms with Crippen LogP contribution >= 0.6 is 24.0 Å². The van der Waals surface area contributed by atoms with Crippen LogP contribution in [0.1, 0.15) is 25.8 Å². The minimum absolute atomic E-state index is 0. The van der Waals surface area contributed by atoms with Crippen LogP contribution in [0.2, 0.25) is 0 Å². The van der Waals surface area contributed by atoms with E-state index < -0.39 is 6.61 Å². The van der Waals surface area contributed by atoms with Crippen molar-refractivity contribution in [3.63, 3.8) is 0 Å². The summed E-state index contributed by atoms with van der Waals surface area (Å²) in [6.07, 6.45) is 1.01. The van der Waals surface area contributed by atoms with Crippen LogP contribution in [0.15, 0.2) is 23.2 Å². The second-order valence-corrected chi connectivity index (χ2v) is 6.52. The normalized spacial score (nSPS) is 14.9. The molecule has 0 radical (unpaired) electrons. The summed E-state index contributed by atoms with van der Waals surface area (Å²) >= 11 is 0. The molecule has 30 heavy (non-hydrogen) atoms. The van der Waals surface area contributed by atoms with Crippen LogP contribution < -0.4 is 20.1 Å². The molecule has 0 unspecified atom stereocenters. The Balaban J connectivity index is 0.00000450. The number of guanidine groups is 1. The maximum Gasteiger partial charge on any atom is 0.387 e. The molecule has 1 heterocycles. The van der Waals surface area contributed by atoms with Gasteiger partial charge in [-0.1, -0.05) is 6.07 Å². The maximum absolute atomic E-state index is 12.5. The first-order valence-electron chi connectivity index (χ1n) is 10.1. The second kappa shape index (κ2) is 15.4. The van der Waals surface area contributed by atoms with Crippen molar-refractivity contribution in [1.29, 1.82) is 0 Å². The molecule has 2 N–H and O–H groups in total. The van der Waals surface area contributed by atoms with E-state index in [0.717, 1.165) is 63.9 Å². The highest BCUT2D eigenvalue weighted by molar-refractivity contribution is 14.0. The van der Waals surface area contributed by atoms with E-state index in [4.69, 9.17) is 9.47 Å². The summed E-state index contributed by atoms with van der Waals surface area (Å²) in [5.41, 5.74) is 0.848. The van der Waals surface area contributed by atoms with Crippen LogP contribution in [0.4, 0.5) is 8.78 Å². The van der Waals surface area contributed by atoms with Crippen LogP contribution in [-0.4, -0.2) is 70.0 Å². The molecule has 2 rings (SSSR count). The molecule has 1 saturated heterocycles. The van der Waals surface area contributed by atoms with Gasteiger partial charge in [-0.3, -0.25) is 4.90 Å². The van der Waals surface area contributed by atoms with E-state index >= 15 is 0 Å². The number of hydrogen-bond acceptors (Lipinski definition) is 5. The van der Waals surface area contributed by atoms with Gasteiger partial charge in [0.15, 0.2) is 17.5 Å². The average molecular weight is 542 g/mol. The lowest BCUT2D eigenvalue weighted by Crippen LogP contribution is -2.40. The van der Waals surface area contributed by atoms with Gasteiger partial charge < -0.3 is 24.8 Å². The Kier molecular flexibility index (Phi) is 13.7. The zero-order chi connectivity index (χ0) is 20.9. The minimum Gasteiger partial charge on any atom is -0.490 e. The van der Waals surface area contributed by atoms with Gasteiger partial charge in [-0.05, 0) is 44.5 Å². The number of hydrogen-bond donors (Lipinski definition) is 2. The van der Waals surface area contributed by atoms with E-state index in [1.165, 1.54) is 6.07 Å². The summed E-state index contributed by atoms with van der Waals surface area (Å²) in [4.78, 5) is 6.97. The molecule has 0 bridgehead atoms. The maximum atomic E-state index is 12.5. The highest BCUT2D eigenvalue weighted by Gasteiger charge is 2.12. The fourth-order valence-corrected chi connectivity index (χ4v) is 2.96. The zero-order valence-electron chi connectivity index (χ0n) is 17.7. The summed E-state index contributed by atoms with van der Waals surface area (Å²) in [6.45, 7) is 7.85. The molecule has 0 atom stereocenters. The molecule has 0 aromatic heterocycles. The molecular formula is C20H33F2IN4O3. The van der Waals surface area contributed by atoms with Crippen molar-refractivity contribution in [1.82, 2.24) is 15.5 Å². The summed E-state index contributed by atoms with van der Waals surface area (Å²) in [6, 6.07) is 4.89. The van der Waals surface area contributed by atoms with Crippen molar-refractivity contribution < 1.29 is 23.0 Å². The van der Waals surface area contributed by atoms with Crippen LogP contribution in [0.5, 0.6) is 11.5 Å². The Morgan fingerprint density at radius 1 is 1.20 bits per heavy atom. The van der Waals surface area contributed by atoms with Gasteiger partial charge in [0.1, 0.15) is 0 Å². The number of nitrogens with zero attached hydrogens (tertiary/aromatic N) is 2. The highest BCUT2D eigenvalue weighted by Crippen LogP contribution is 2.30. The highest BCUT2D eigenvalue weighted by atomic mass is 127. The van der Waals surface area contributed by atoms with Crippen LogP contribution in [0.3, 0.4) is 0 Å². The van der Waals surface area contributed by atoms with Gasteiger partial charge in [0.25, 0.3) is 0 Å². The Morgan fingerprint density at radius 2 is 1.97 bits per heavy atom. The van der Waals surface area contributed by atoms with E-state index in [1.54, 1.807) is 19.1 Å². The third-order valence-corrected chi connectivity index (χ3v) is 4.34. The molecular weight excluding hydrogens is 509 g/mol. The molecule has 10 heteroatoms. The van der Waals surface area contributed by atoms with E-state index in [9.17, 15) is 8.78 Å². The number of rotatable bonds is 11. The van der Waals surface area contributed by atoms with E-state index in [2.05, 4.69) is 25.3 Å². The van der Waals surface area contributed by atoms with E-state index in [-0.39, 0.29) is 29.7 Å². The summed E-state index contributed by atoms with van der Waals surface area (Å²) in [5.74, 6) is 1.05. The van der Waals surface area contributed by atoms with Crippen molar-refractivity contribution >= 4 is 29.9 Å². The van der Waals surface area contributed by atoms with E-state index in [0.29, 0.717) is 18.9 Å². The van der Waals surface area contributed by atoms with Gasteiger partial charge in [-0.25, -0.2) is 4.99 Å². The minimum atomic E-state index is -2.89. The second-order valence-electron chi connectivity index (χ2n) is 6.52. The zero-order valence-corrected chi connectivity index (χ0v) is 20.0. The molecule has 0 saturated carbocycles. The third-order valence-electron chi connectivity index (χ3n) is 4.34. The van der Waals surface area contributed by atoms with Gasteiger partial charge in [-0.2, -0.15) is 8.78 Å².